The Morgan fingerprint density at radius 2 is 1.94 bits per heavy atom. The molecule has 0 saturated heterocycles. The number of rotatable bonds is 8. The zero-order valence-corrected chi connectivity index (χ0v) is 11.7. The van der Waals surface area contributed by atoms with Gasteiger partial charge in [-0.15, -0.1) is 0 Å². The largest absolute Gasteiger partial charge is 0.497 e. The van der Waals surface area contributed by atoms with Gasteiger partial charge in [-0.2, -0.15) is 12.6 Å². The van der Waals surface area contributed by atoms with E-state index in [0.29, 0.717) is 6.04 Å². The number of benzene rings is 1. The van der Waals surface area contributed by atoms with Crippen molar-refractivity contribution in [3.63, 3.8) is 0 Å². The van der Waals surface area contributed by atoms with Crippen molar-refractivity contribution in [3.05, 3.63) is 29.8 Å². The Kier molecular flexibility index (Phi) is 7.13. The lowest BCUT2D eigenvalue weighted by Gasteiger charge is -2.10. The van der Waals surface area contributed by atoms with Crippen LogP contribution >= 0.6 is 12.6 Å². The van der Waals surface area contributed by atoms with Crippen molar-refractivity contribution in [2.45, 2.75) is 32.2 Å². The van der Waals surface area contributed by atoms with Gasteiger partial charge in [-0.3, -0.25) is 0 Å². The molecule has 0 bridgehead atoms. The van der Waals surface area contributed by atoms with Gasteiger partial charge in [0.1, 0.15) is 5.75 Å². The molecule has 0 aliphatic heterocycles. The van der Waals surface area contributed by atoms with E-state index in [0.717, 1.165) is 24.5 Å². The topological polar surface area (TPSA) is 21.3 Å². The Labute approximate surface area is 110 Å². The maximum Gasteiger partial charge on any atom is 0.118 e. The van der Waals surface area contributed by atoms with Crippen molar-refractivity contribution in [1.82, 2.24) is 5.32 Å². The molecule has 0 amide bonds. The fraction of sp³-hybridized carbons (Fsp3) is 0.571. The zero-order valence-electron chi connectivity index (χ0n) is 10.8. The van der Waals surface area contributed by atoms with Gasteiger partial charge in [-0.1, -0.05) is 12.1 Å². The number of methoxy groups -OCH3 is 1. The first-order valence-corrected chi connectivity index (χ1v) is 6.86. The number of aryl methyl sites for hydroxylation is 1. The number of hydrogen-bond acceptors (Lipinski definition) is 3. The summed E-state index contributed by atoms with van der Waals surface area (Å²) in [5.41, 5.74) is 1.38. The van der Waals surface area contributed by atoms with E-state index >= 15 is 0 Å². The van der Waals surface area contributed by atoms with Gasteiger partial charge in [0, 0.05) is 11.8 Å². The number of unbranched alkanes of at least 4 members (excludes halogenated alkanes) is 1. The third kappa shape index (κ3) is 5.99. The SMILES string of the molecule is COc1ccc(CCCCNC(C)CS)cc1. The van der Waals surface area contributed by atoms with Gasteiger partial charge in [0.25, 0.3) is 0 Å². The second-order valence-electron chi connectivity index (χ2n) is 4.34. The molecule has 0 aliphatic carbocycles. The minimum Gasteiger partial charge on any atom is -0.497 e. The van der Waals surface area contributed by atoms with Crippen molar-refractivity contribution in [1.29, 1.82) is 0 Å². The summed E-state index contributed by atoms with van der Waals surface area (Å²) in [4.78, 5) is 0. The Morgan fingerprint density at radius 3 is 2.53 bits per heavy atom. The summed E-state index contributed by atoms with van der Waals surface area (Å²) in [7, 11) is 1.70. The molecule has 2 nitrogen and oxygen atoms in total. The molecule has 0 aliphatic rings. The minimum atomic E-state index is 0.513. The van der Waals surface area contributed by atoms with Crippen LogP contribution in [0.25, 0.3) is 0 Å². The lowest BCUT2D eigenvalue weighted by molar-refractivity contribution is 0.414. The van der Waals surface area contributed by atoms with Crippen LogP contribution in [0.4, 0.5) is 0 Å². The lowest BCUT2D eigenvalue weighted by Crippen LogP contribution is -2.28. The summed E-state index contributed by atoms with van der Waals surface area (Å²) in [5.74, 6) is 1.83. The lowest BCUT2D eigenvalue weighted by atomic mass is 10.1. The molecule has 3 heteroatoms. The molecule has 0 fully saturated rings. The fourth-order valence-corrected chi connectivity index (χ4v) is 1.79. The van der Waals surface area contributed by atoms with Crippen molar-refractivity contribution in [2.24, 2.45) is 0 Å². The van der Waals surface area contributed by atoms with Crippen LogP contribution in [0, 0.1) is 0 Å². The summed E-state index contributed by atoms with van der Waals surface area (Å²) >= 11 is 4.24. The van der Waals surface area contributed by atoms with Crippen molar-refractivity contribution < 1.29 is 4.74 Å². The molecule has 1 aromatic carbocycles. The smallest absolute Gasteiger partial charge is 0.118 e. The van der Waals surface area contributed by atoms with Gasteiger partial charge in [-0.25, -0.2) is 0 Å². The van der Waals surface area contributed by atoms with E-state index in [1.165, 1.54) is 18.4 Å². The first-order chi connectivity index (χ1) is 8.26. The number of nitrogens with one attached hydrogen (secondary N) is 1. The molecule has 1 atom stereocenters. The number of ether oxygens (including phenoxy) is 1. The molecule has 0 spiro atoms. The van der Waals surface area contributed by atoms with E-state index in [1.807, 2.05) is 12.1 Å². The van der Waals surface area contributed by atoms with Crippen LogP contribution in [0.15, 0.2) is 24.3 Å². The van der Waals surface area contributed by atoms with Crippen molar-refractivity contribution >= 4 is 12.6 Å². The summed E-state index contributed by atoms with van der Waals surface area (Å²) in [6, 6.07) is 8.84. The standard InChI is InChI=1S/C14H23NOS/c1-12(11-17)15-10-4-3-5-13-6-8-14(16-2)9-7-13/h6-9,12,15,17H,3-5,10-11H2,1-2H3. The van der Waals surface area contributed by atoms with Crippen LogP contribution in [0.2, 0.25) is 0 Å². The highest BCUT2D eigenvalue weighted by Crippen LogP contribution is 2.12. The van der Waals surface area contributed by atoms with Crippen LogP contribution in [0.3, 0.4) is 0 Å². The van der Waals surface area contributed by atoms with E-state index in [2.05, 4.69) is 37.0 Å². The molecule has 1 unspecified atom stereocenters. The molecular weight excluding hydrogens is 230 g/mol. The zero-order chi connectivity index (χ0) is 12.5. The predicted octanol–water partition coefficient (Wildman–Crippen LogP) is 2.93. The molecule has 0 heterocycles. The molecule has 1 aromatic rings. The molecule has 1 rings (SSSR count). The van der Waals surface area contributed by atoms with E-state index in [9.17, 15) is 0 Å². The third-order valence-electron chi connectivity index (χ3n) is 2.82. The highest BCUT2D eigenvalue weighted by atomic mass is 32.1. The molecule has 0 aromatic heterocycles. The van der Waals surface area contributed by atoms with Gasteiger partial charge in [0.05, 0.1) is 7.11 Å². The third-order valence-corrected chi connectivity index (χ3v) is 3.37. The molecule has 17 heavy (non-hydrogen) atoms. The normalized spacial score (nSPS) is 12.4. The summed E-state index contributed by atoms with van der Waals surface area (Å²) < 4.78 is 5.13. The molecule has 1 N–H and O–H groups in total. The summed E-state index contributed by atoms with van der Waals surface area (Å²) in [6.07, 6.45) is 3.57. The molecule has 0 radical (unpaired) electrons. The van der Waals surface area contributed by atoms with Crippen LogP contribution < -0.4 is 10.1 Å². The Hall–Kier alpha value is -0.670. The average Bonchev–Trinajstić information content (AvgIpc) is 2.38. The summed E-state index contributed by atoms with van der Waals surface area (Å²) in [5, 5.41) is 3.44. The van der Waals surface area contributed by atoms with Gasteiger partial charge < -0.3 is 10.1 Å². The second kappa shape index (κ2) is 8.43. The van der Waals surface area contributed by atoms with Gasteiger partial charge >= 0.3 is 0 Å². The molecule has 96 valence electrons. The number of hydrogen-bond donors (Lipinski definition) is 2. The number of thiol groups is 1. The highest BCUT2D eigenvalue weighted by molar-refractivity contribution is 7.80. The fourth-order valence-electron chi connectivity index (χ4n) is 1.66. The van der Waals surface area contributed by atoms with E-state index < -0.39 is 0 Å². The van der Waals surface area contributed by atoms with Gasteiger partial charge in [0.2, 0.25) is 0 Å². The monoisotopic (exact) mass is 253 g/mol. The molecular formula is C14H23NOS. The van der Waals surface area contributed by atoms with Crippen LogP contribution in [-0.4, -0.2) is 25.4 Å². The molecule has 0 saturated carbocycles. The first-order valence-electron chi connectivity index (χ1n) is 6.23. The second-order valence-corrected chi connectivity index (χ2v) is 4.71. The Bertz CT molecular complexity index is 300. The van der Waals surface area contributed by atoms with E-state index in [-0.39, 0.29) is 0 Å². The predicted molar refractivity (Wildman–Crippen MR) is 77.2 cm³/mol. The Morgan fingerprint density at radius 1 is 1.24 bits per heavy atom. The van der Waals surface area contributed by atoms with Crippen LogP contribution in [0.1, 0.15) is 25.3 Å². The van der Waals surface area contributed by atoms with Gasteiger partial charge in [-0.05, 0) is 50.4 Å². The van der Waals surface area contributed by atoms with Crippen LogP contribution in [-0.2, 0) is 6.42 Å². The highest BCUT2D eigenvalue weighted by Gasteiger charge is 1.98. The maximum absolute atomic E-state index is 5.13. The van der Waals surface area contributed by atoms with E-state index in [1.54, 1.807) is 7.11 Å². The van der Waals surface area contributed by atoms with Crippen LogP contribution in [0.5, 0.6) is 5.75 Å². The first kappa shape index (κ1) is 14.4. The maximum atomic E-state index is 5.13. The quantitative estimate of drug-likeness (QED) is 0.549. The van der Waals surface area contributed by atoms with Crippen molar-refractivity contribution in [2.75, 3.05) is 19.4 Å². The average molecular weight is 253 g/mol. The Balaban J connectivity index is 2.13. The van der Waals surface area contributed by atoms with Gasteiger partial charge in [0.15, 0.2) is 0 Å². The van der Waals surface area contributed by atoms with Crippen molar-refractivity contribution in [3.8, 4) is 5.75 Å². The minimum absolute atomic E-state index is 0.513. The van der Waals surface area contributed by atoms with E-state index in [4.69, 9.17) is 4.74 Å². The summed E-state index contributed by atoms with van der Waals surface area (Å²) in [6.45, 7) is 3.24.